The molecule has 2 N–H and O–H groups in total. The first kappa shape index (κ1) is 17.3. The molecule has 0 spiro atoms. The average Bonchev–Trinajstić information content (AvgIpc) is 2.61. The van der Waals surface area contributed by atoms with E-state index in [1.54, 1.807) is 14.2 Å². The van der Waals surface area contributed by atoms with Gasteiger partial charge in [0.15, 0.2) is 0 Å². The van der Waals surface area contributed by atoms with Crippen LogP contribution in [0.2, 0.25) is 0 Å². The van der Waals surface area contributed by atoms with E-state index in [4.69, 9.17) is 9.47 Å². The van der Waals surface area contributed by atoms with E-state index in [1.165, 1.54) is 5.56 Å². The molecule has 124 valence electrons. The predicted molar refractivity (Wildman–Crippen MR) is 92.2 cm³/mol. The number of rotatable bonds is 8. The summed E-state index contributed by atoms with van der Waals surface area (Å²) in [5.74, 6) is 1.75. The van der Waals surface area contributed by atoms with Gasteiger partial charge in [-0.25, -0.2) is 0 Å². The van der Waals surface area contributed by atoms with Crippen LogP contribution in [0.1, 0.15) is 30.1 Å². The topological polar surface area (TPSA) is 50.7 Å². The van der Waals surface area contributed by atoms with Crippen LogP contribution in [0.4, 0.5) is 0 Å². The lowest BCUT2D eigenvalue weighted by Gasteiger charge is -2.18. The molecule has 0 aliphatic rings. The van der Waals surface area contributed by atoms with Crippen LogP contribution in [0.25, 0.3) is 0 Å². The standard InChI is InChI=1S/C19H25NO3/c1-14(15-7-5-4-6-8-15)12-20-13-18(21)17-11-16(22-2)9-10-19(17)23-3/h4-11,14,18,20-21H,12-13H2,1-3H3. The van der Waals surface area contributed by atoms with Crippen molar-refractivity contribution in [2.24, 2.45) is 0 Å². The van der Waals surface area contributed by atoms with E-state index >= 15 is 0 Å². The summed E-state index contributed by atoms with van der Waals surface area (Å²) in [7, 11) is 3.21. The molecule has 0 saturated heterocycles. The van der Waals surface area contributed by atoms with Crippen molar-refractivity contribution < 1.29 is 14.6 Å². The first-order valence-electron chi connectivity index (χ1n) is 7.81. The highest BCUT2D eigenvalue weighted by Gasteiger charge is 2.15. The Hall–Kier alpha value is -2.04. The predicted octanol–water partition coefficient (Wildman–Crippen LogP) is 3.13. The van der Waals surface area contributed by atoms with Crippen LogP contribution in [0, 0.1) is 0 Å². The number of benzene rings is 2. The summed E-state index contributed by atoms with van der Waals surface area (Å²) in [6.07, 6.45) is -0.650. The van der Waals surface area contributed by atoms with E-state index in [0.29, 0.717) is 24.0 Å². The van der Waals surface area contributed by atoms with Gasteiger partial charge in [-0.15, -0.1) is 0 Å². The molecule has 0 bridgehead atoms. The fourth-order valence-corrected chi connectivity index (χ4v) is 2.55. The Morgan fingerprint density at radius 2 is 1.74 bits per heavy atom. The monoisotopic (exact) mass is 315 g/mol. The van der Waals surface area contributed by atoms with Crippen molar-refractivity contribution >= 4 is 0 Å². The summed E-state index contributed by atoms with van der Waals surface area (Å²) in [6, 6.07) is 15.8. The van der Waals surface area contributed by atoms with Crippen molar-refractivity contribution in [3.63, 3.8) is 0 Å². The van der Waals surface area contributed by atoms with Gasteiger partial charge >= 0.3 is 0 Å². The molecule has 0 radical (unpaired) electrons. The number of nitrogens with one attached hydrogen (secondary N) is 1. The zero-order valence-corrected chi connectivity index (χ0v) is 14.0. The highest BCUT2D eigenvalue weighted by molar-refractivity contribution is 5.41. The van der Waals surface area contributed by atoms with Crippen LogP contribution >= 0.6 is 0 Å². The van der Waals surface area contributed by atoms with E-state index < -0.39 is 6.10 Å². The first-order chi connectivity index (χ1) is 11.2. The third kappa shape index (κ3) is 4.71. The zero-order valence-electron chi connectivity index (χ0n) is 14.0. The van der Waals surface area contributed by atoms with Gasteiger partial charge in [-0.05, 0) is 29.7 Å². The summed E-state index contributed by atoms with van der Waals surface area (Å²) in [6.45, 7) is 3.43. The molecule has 0 aromatic heterocycles. The summed E-state index contributed by atoms with van der Waals surface area (Å²) >= 11 is 0. The Morgan fingerprint density at radius 3 is 2.39 bits per heavy atom. The highest BCUT2D eigenvalue weighted by Crippen LogP contribution is 2.29. The normalized spacial score (nSPS) is 13.4. The molecule has 4 nitrogen and oxygen atoms in total. The Kier molecular flexibility index (Phi) is 6.44. The van der Waals surface area contributed by atoms with Crippen molar-refractivity contribution in [1.82, 2.24) is 5.32 Å². The van der Waals surface area contributed by atoms with Gasteiger partial charge in [0.1, 0.15) is 11.5 Å². The lowest BCUT2D eigenvalue weighted by Crippen LogP contribution is -2.25. The summed E-state index contributed by atoms with van der Waals surface area (Å²) in [5.41, 5.74) is 2.01. The molecular weight excluding hydrogens is 290 g/mol. The molecule has 0 heterocycles. The summed E-state index contributed by atoms with van der Waals surface area (Å²) in [4.78, 5) is 0. The Balaban J connectivity index is 1.93. The van der Waals surface area contributed by atoms with Gasteiger partial charge in [-0.3, -0.25) is 0 Å². The van der Waals surface area contributed by atoms with Gasteiger partial charge in [-0.2, -0.15) is 0 Å². The molecule has 2 unspecified atom stereocenters. The molecule has 2 rings (SSSR count). The van der Waals surface area contributed by atoms with Crippen LogP contribution < -0.4 is 14.8 Å². The minimum absolute atomic E-state index is 0.385. The van der Waals surface area contributed by atoms with Gasteiger partial charge in [0.2, 0.25) is 0 Å². The van der Waals surface area contributed by atoms with Crippen molar-refractivity contribution in [3.8, 4) is 11.5 Å². The molecular formula is C19H25NO3. The Labute approximate surface area is 138 Å². The number of aliphatic hydroxyl groups excluding tert-OH is 1. The maximum absolute atomic E-state index is 10.4. The Bertz CT molecular complexity index is 601. The van der Waals surface area contributed by atoms with E-state index in [9.17, 15) is 5.11 Å². The maximum Gasteiger partial charge on any atom is 0.124 e. The fourth-order valence-electron chi connectivity index (χ4n) is 2.55. The molecule has 0 aliphatic carbocycles. The third-order valence-electron chi connectivity index (χ3n) is 3.95. The van der Waals surface area contributed by atoms with Crippen LogP contribution in [0.5, 0.6) is 11.5 Å². The van der Waals surface area contributed by atoms with Crippen molar-refractivity contribution in [2.75, 3.05) is 27.3 Å². The molecule has 2 atom stereocenters. The minimum atomic E-state index is -0.650. The molecule has 0 amide bonds. The molecule has 0 aliphatic heterocycles. The molecule has 23 heavy (non-hydrogen) atoms. The minimum Gasteiger partial charge on any atom is -0.497 e. The highest BCUT2D eigenvalue weighted by atomic mass is 16.5. The van der Waals surface area contributed by atoms with Crippen molar-refractivity contribution in [3.05, 3.63) is 59.7 Å². The second-order valence-corrected chi connectivity index (χ2v) is 5.59. The molecule has 2 aromatic rings. The van der Waals surface area contributed by atoms with Gasteiger partial charge in [0, 0.05) is 18.7 Å². The number of hydrogen-bond acceptors (Lipinski definition) is 4. The maximum atomic E-state index is 10.4. The molecule has 2 aromatic carbocycles. The van der Waals surface area contributed by atoms with Crippen LogP contribution in [0.3, 0.4) is 0 Å². The average molecular weight is 315 g/mol. The van der Waals surface area contributed by atoms with Gasteiger partial charge in [0.25, 0.3) is 0 Å². The lowest BCUT2D eigenvalue weighted by atomic mass is 10.0. The number of hydrogen-bond donors (Lipinski definition) is 2. The van der Waals surface area contributed by atoms with Gasteiger partial charge in [-0.1, -0.05) is 37.3 Å². The molecule has 0 fully saturated rings. The zero-order chi connectivity index (χ0) is 16.7. The largest absolute Gasteiger partial charge is 0.497 e. The lowest BCUT2D eigenvalue weighted by molar-refractivity contribution is 0.169. The van der Waals surface area contributed by atoms with Gasteiger partial charge < -0.3 is 19.9 Å². The smallest absolute Gasteiger partial charge is 0.124 e. The quantitative estimate of drug-likeness (QED) is 0.786. The van der Waals surface area contributed by atoms with Crippen LogP contribution in [0.15, 0.2) is 48.5 Å². The van der Waals surface area contributed by atoms with E-state index in [0.717, 1.165) is 12.1 Å². The Morgan fingerprint density at radius 1 is 1.00 bits per heavy atom. The number of methoxy groups -OCH3 is 2. The van der Waals surface area contributed by atoms with Crippen LogP contribution in [-0.2, 0) is 0 Å². The van der Waals surface area contributed by atoms with Gasteiger partial charge in [0.05, 0.1) is 20.3 Å². The second-order valence-electron chi connectivity index (χ2n) is 5.59. The van der Waals surface area contributed by atoms with Crippen molar-refractivity contribution in [1.29, 1.82) is 0 Å². The second kappa shape index (κ2) is 8.56. The van der Waals surface area contributed by atoms with E-state index in [-0.39, 0.29) is 0 Å². The summed E-state index contributed by atoms with van der Waals surface area (Å²) < 4.78 is 10.5. The van der Waals surface area contributed by atoms with E-state index in [1.807, 2.05) is 36.4 Å². The number of aliphatic hydroxyl groups is 1. The molecule has 0 saturated carbocycles. The fraction of sp³-hybridized carbons (Fsp3) is 0.368. The van der Waals surface area contributed by atoms with Crippen LogP contribution in [-0.4, -0.2) is 32.4 Å². The number of ether oxygens (including phenoxy) is 2. The summed E-state index contributed by atoms with van der Waals surface area (Å²) in [5, 5.41) is 13.8. The molecule has 4 heteroatoms. The SMILES string of the molecule is COc1ccc(OC)c(C(O)CNCC(C)c2ccccc2)c1. The third-order valence-corrected chi connectivity index (χ3v) is 3.95. The van der Waals surface area contributed by atoms with Crippen molar-refractivity contribution in [2.45, 2.75) is 18.9 Å². The first-order valence-corrected chi connectivity index (χ1v) is 7.81. The van der Waals surface area contributed by atoms with E-state index in [2.05, 4.69) is 24.4 Å².